The third kappa shape index (κ3) is 2.66. The van der Waals surface area contributed by atoms with Gasteiger partial charge in [0.2, 0.25) is 5.95 Å². The molecule has 0 bridgehead atoms. The van der Waals surface area contributed by atoms with Crippen LogP contribution in [0.3, 0.4) is 0 Å². The van der Waals surface area contributed by atoms with Gasteiger partial charge in [-0.25, -0.2) is 0 Å². The van der Waals surface area contributed by atoms with Crippen LogP contribution in [0, 0.1) is 11.8 Å². The molecule has 0 spiro atoms. The maximum atomic E-state index is 5.96. The highest BCUT2D eigenvalue weighted by Crippen LogP contribution is 2.32. The van der Waals surface area contributed by atoms with E-state index in [0.717, 1.165) is 50.0 Å². The van der Waals surface area contributed by atoms with Gasteiger partial charge in [0.15, 0.2) is 0 Å². The summed E-state index contributed by atoms with van der Waals surface area (Å²) >= 11 is 0. The van der Waals surface area contributed by atoms with Crippen LogP contribution in [-0.2, 0) is 6.42 Å². The quantitative estimate of drug-likeness (QED) is 0.844. The zero-order valence-corrected chi connectivity index (χ0v) is 11.1. The lowest BCUT2D eigenvalue weighted by atomic mass is 9.91. The third-order valence-corrected chi connectivity index (χ3v) is 4.26. The monoisotopic (exact) mass is 249 g/mol. The molecule has 0 amide bonds. The minimum Gasteiger partial charge on any atom is -0.340 e. The molecule has 0 radical (unpaired) electrons. The van der Waals surface area contributed by atoms with Gasteiger partial charge in [-0.2, -0.15) is 4.98 Å². The van der Waals surface area contributed by atoms with Crippen molar-refractivity contribution in [1.29, 1.82) is 0 Å². The summed E-state index contributed by atoms with van der Waals surface area (Å²) in [5.74, 6) is 3.45. The van der Waals surface area contributed by atoms with Crippen LogP contribution in [0.15, 0.2) is 0 Å². The van der Waals surface area contributed by atoms with Crippen LogP contribution >= 0.6 is 0 Å². The molecule has 2 fully saturated rings. The van der Waals surface area contributed by atoms with Gasteiger partial charge in [0, 0.05) is 25.6 Å². The van der Waals surface area contributed by atoms with Crippen molar-refractivity contribution < 1.29 is 0 Å². The van der Waals surface area contributed by atoms with Crippen LogP contribution < -0.4 is 10.6 Å². The smallest absolute Gasteiger partial charge is 0.244 e. The molecule has 1 aromatic rings. The summed E-state index contributed by atoms with van der Waals surface area (Å²) < 4.78 is 0. The summed E-state index contributed by atoms with van der Waals surface area (Å²) in [6.07, 6.45) is 6.10. The molecule has 2 heterocycles. The summed E-state index contributed by atoms with van der Waals surface area (Å²) in [4.78, 5) is 6.90. The zero-order valence-electron chi connectivity index (χ0n) is 11.1. The fraction of sp³-hybridized carbons (Fsp3) is 0.846. The van der Waals surface area contributed by atoms with E-state index in [1.54, 1.807) is 0 Å². The van der Waals surface area contributed by atoms with Crippen LogP contribution in [-0.4, -0.2) is 34.3 Å². The largest absolute Gasteiger partial charge is 0.340 e. The van der Waals surface area contributed by atoms with E-state index in [1.807, 2.05) is 0 Å². The summed E-state index contributed by atoms with van der Waals surface area (Å²) in [5, 5.41) is 7.43. The topological polar surface area (TPSA) is 70.8 Å². The van der Waals surface area contributed by atoms with Crippen molar-refractivity contribution in [2.75, 3.05) is 18.0 Å². The van der Waals surface area contributed by atoms with E-state index >= 15 is 0 Å². The number of rotatable bonds is 4. The molecular weight excluding hydrogens is 226 g/mol. The fourth-order valence-corrected chi connectivity index (χ4v) is 2.74. The van der Waals surface area contributed by atoms with Gasteiger partial charge in [0.25, 0.3) is 0 Å². The Morgan fingerprint density at radius 2 is 2.06 bits per heavy atom. The van der Waals surface area contributed by atoms with Crippen LogP contribution in [0.4, 0.5) is 5.95 Å². The first-order chi connectivity index (χ1) is 8.72. The number of nitrogens with two attached hydrogens (primary N) is 1. The SMILES string of the molecule is CC(N)C1CCN(c2n[nH]c(CC3CC3)n2)CC1. The highest BCUT2D eigenvalue weighted by molar-refractivity contribution is 5.29. The summed E-state index contributed by atoms with van der Waals surface area (Å²) in [5.41, 5.74) is 5.96. The number of hydrogen-bond donors (Lipinski definition) is 2. The summed E-state index contributed by atoms with van der Waals surface area (Å²) in [7, 11) is 0. The molecule has 0 aromatic carbocycles. The predicted octanol–water partition coefficient (Wildman–Crippen LogP) is 1.32. The van der Waals surface area contributed by atoms with Crippen molar-refractivity contribution in [2.45, 2.75) is 45.1 Å². The Balaban J connectivity index is 1.56. The standard InChI is InChI=1S/C13H23N5/c1-9(14)11-4-6-18(7-5-11)13-15-12(16-17-13)8-10-2-3-10/h9-11H,2-8,14H2,1H3,(H,15,16,17). The number of anilines is 1. The molecule has 18 heavy (non-hydrogen) atoms. The average molecular weight is 249 g/mol. The van der Waals surface area contributed by atoms with Gasteiger partial charge in [-0.15, -0.1) is 5.10 Å². The van der Waals surface area contributed by atoms with Gasteiger partial charge in [-0.05, 0) is 44.4 Å². The Bertz CT molecular complexity index is 388. The number of aromatic nitrogens is 3. The second kappa shape index (κ2) is 4.88. The van der Waals surface area contributed by atoms with Gasteiger partial charge in [-0.1, -0.05) is 0 Å². The fourth-order valence-electron chi connectivity index (χ4n) is 2.74. The third-order valence-electron chi connectivity index (χ3n) is 4.26. The molecule has 3 rings (SSSR count). The van der Waals surface area contributed by atoms with E-state index in [2.05, 4.69) is 27.0 Å². The number of aromatic amines is 1. The second-order valence-electron chi connectivity index (χ2n) is 5.91. The predicted molar refractivity (Wildman–Crippen MR) is 71.4 cm³/mol. The van der Waals surface area contributed by atoms with Crippen molar-refractivity contribution in [3.05, 3.63) is 5.82 Å². The Labute approximate surface area is 108 Å². The molecule has 100 valence electrons. The normalized spacial score (nSPS) is 23.3. The van der Waals surface area contributed by atoms with Crippen LogP contribution in [0.2, 0.25) is 0 Å². The molecule has 1 atom stereocenters. The Hall–Kier alpha value is -1.10. The van der Waals surface area contributed by atoms with Crippen molar-refractivity contribution in [2.24, 2.45) is 17.6 Å². The first-order valence-electron chi connectivity index (χ1n) is 7.14. The molecular formula is C13H23N5. The minimum absolute atomic E-state index is 0.310. The lowest BCUT2D eigenvalue weighted by molar-refractivity contribution is 0.352. The van der Waals surface area contributed by atoms with Crippen LogP contribution in [0.5, 0.6) is 0 Å². The number of hydrogen-bond acceptors (Lipinski definition) is 4. The average Bonchev–Trinajstić information content (AvgIpc) is 3.05. The van der Waals surface area contributed by atoms with Crippen molar-refractivity contribution in [1.82, 2.24) is 15.2 Å². The van der Waals surface area contributed by atoms with Crippen molar-refractivity contribution in [3.63, 3.8) is 0 Å². The van der Waals surface area contributed by atoms with Crippen molar-refractivity contribution >= 4 is 5.95 Å². The Morgan fingerprint density at radius 3 is 2.67 bits per heavy atom. The first-order valence-corrected chi connectivity index (χ1v) is 7.14. The molecule has 5 heteroatoms. The lowest BCUT2D eigenvalue weighted by Crippen LogP contribution is -2.40. The van der Waals surface area contributed by atoms with Gasteiger partial charge in [-0.3, -0.25) is 5.10 Å². The molecule has 2 aliphatic rings. The molecule has 1 saturated heterocycles. The minimum atomic E-state index is 0.310. The molecule has 1 aliphatic heterocycles. The Kier molecular flexibility index (Phi) is 3.24. The van der Waals surface area contributed by atoms with Gasteiger partial charge >= 0.3 is 0 Å². The van der Waals surface area contributed by atoms with Crippen LogP contribution in [0.25, 0.3) is 0 Å². The molecule has 5 nitrogen and oxygen atoms in total. The van der Waals surface area contributed by atoms with E-state index in [1.165, 1.54) is 12.8 Å². The second-order valence-corrected chi connectivity index (χ2v) is 5.91. The molecule has 1 saturated carbocycles. The van der Waals surface area contributed by atoms with E-state index in [-0.39, 0.29) is 0 Å². The Morgan fingerprint density at radius 1 is 1.33 bits per heavy atom. The number of nitrogens with one attached hydrogen (secondary N) is 1. The van der Waals surface area contributed by atoms with Gasteiger partial charge in [0.05, 0.1) is 0 Å². The number of nitrogens with zero attached hydrogens (tertiary/aromatic N) is 3. The highest BCUT2D eigenvalue weighted by Gasteiger charge is 2.26. The lowest BCUT2D eigenvalue weighted by Gasteiger charge is -2.32. The summed E-state index contributed by atoms with van der Waals surface area (Å²) in [6.45, 7) is 4.18. The number of H-pyrrole nitrogens is 1. The van der Waals surface area contributed by atoms with Crippen LogP contribution in [0.1, 0.15) is 38.4 Å². The van der Waals surface area contributed by atoms with Gasteiger partial charge < -0.3 is 10.6 Å². The summed E-state index contributed by atoms with van der Waals surface area (Å²) in [6, 6.07) is 0.310. The van der Waals surface area contributed by atoms with E-state index in [4.69, 9.17) is 5.73 Å². The molecule has 1 aromatic heterocycles. The maximum Gasteiger partial charge on any atom is 0.244 e. The molecule has 3 N–H and O–H groups in total. The van der Waals surface area contributed by atoms with E-state index in [0.29, 0.717) is 12.0 Å². The number of piperidine rings is 1. The first kappa shape index (κ1) is 12.0. The van der Waals surface area contributed by atoms with Crippen molar-refractivity contribution in [3.8, 4) is 0 Å². The highest BCUT2D eigenvalue weighted by atomic mass is 15.4. The van der Waals surface area contributed by atoms with E-state index < -0.39 is 0 Å². The van der Waals surface area contributed by atoms with E-state index in [9.17, 15) is 0 Å². The molecule has 1 aliphatic carbocycles. The maximum absolute atomic E-state index is 5.96. The van der Waals surface area contributed by atoms with Gasteiger partial charge in [0.1, 0.15) is 5.82 Å². The zero-order chi connectivity index (χ0) is 12.5. The molecule has 1 unspecified atom stereocenters.